The summed E-state index contributed by atoms with van der Waals surface area (Å²) < 4.78 is 0. The van der Waals surface area contributed by atoms with Gasteiger partial charge in [-0.1, -0.05) is 36.5 Å². The topological polar surface area (TPSA) is 123 Å². The maximum Gasteiger partial charge on any atom is 0.270 e. The molecule has 29 heavy (non-hydrogen) atoms. The number of nitro benzene ring substituents is 1. The highest BCUT2D eigenvalue weighted by Crippen LogP contribution is 2.31. The number of non-ortho nitro benzene ring substituents is 1. The number of hydrogen-bond acceptors (Lipinski definition) is 8. The summed E-state index contributed by atoms with van der Waals surface area (Å²) in [6.07, 6.45) is 0.628. The first kappa shape index (κ1) is 18.6. The van der Waals surface area contributed by atoms with Crippen molar-refractivity contribution in [3.8, 4) is 0 Å². The minimum atomic E-state index is -0.591. The van der Waals surface area contributed by atoms with E-state index in [9.17, 15) is 24.5 Å². The van der Waals surface area contributed by atoms with Gasteiger partial charge in [0, 0.05) is 23.3 Å². The van der Waals surface area contributed by atoms with Crippen molar-refractivity contribution in [2.45, 2.75) is 13.3 Å². The highest BCUT2D eigenvalue weighted by Gasteiger charge is 2.39. The van der Waals surface area contributed by atoms with E-state index in [1.54, 1.807) is 0 Å². The molecule has 4 rings (SSSR count). The van der Waals surface area contributed by atoms with E-state index >= 15 is 0 Å². The average Bonchev–Trinajstić information content (AvgIpc) is 3.30. The lowest BCUT2D eigenvalue weighted by atomic mass is 9.99. The lowest BCUT2D eigenvalue weighted by Gasteiger charge is -2.07. The van der Waals surface area contributed by atoms with Crippen molar-refractivity contribution in [1.82, 2.24) is 10.2 Å². The third-order valence-corrected chi connectivity index (χ3v) is 5.47. The van der Waals surface area contributed by atoms with Crippen LogP contribution in [0.4, 0.5) is 10.8 Å². The Morgan fingerprint density at radius 3 is 2.48 bits per heavy atom. The van der Waals surface area contributed by atoms with Crippen LogP contribution in [0.1, 0.15) is 48.6 Å². The summed E-state index contributed by atoms with van der Waals surface area (Å²) >= 11 is 1.15. The normalized spacial score (nSPS) is 12.9. The number of anilines is 1. The van der Waals surface area contributed by atoms with Crippen LogP contribution in [0.3, 0.4) is 0 Å². The van der Waals surface area contributed by atoms with E-state index in [-0.39, 0.29) is 33.1 Å². The number of nitro groups is 1. The highest BCUT2D eigenvalue weighted by molar-refractivity contribution is 7.15. The largest absolute Gasteiger partial charge is 0.289 e. The first-order valence-corrected chi connectivity index (χ1v) is 9.36. The predicted octanol–water partition coefficient (Wildman–Crippen LogP) is 3.04. The smallest absolute Gasteiger partial charge is 0.270 e. The molecule has 9 nitrogen and oxygen atoms in total. The van der Waals surface area contributed by atoms with Crippen LogP contribution in [0.15, 0.2) is 42.5 Å². The lowest BCUT2D eigenvalue weighted by Crippen LogP contribution is -2.29. The molecule has 0 unspecified atom stereocenters. The number of carbonyl (C=O) groups is 3. The summed E-state index contributed by atoms with van der Waals surface area (Å²) in [5.74, 6) is -1.60. The van der Waals surface area contributed by atoms with E-state index < -0.39 is 22.5 Å². The van der Waals surface area contributed by atoms with Crippen molar-refractivity contribution in [3.63, 3.8) is 0 Å². The fourth-order valence-electron chi connectivity index (χ4n) is 2.96. The molecule has 0 aliphatic carbocycles. The summed E-state index contributed by atoms with van der Waals surface area (Å²) in [7, 11) is 0. The molecule has 2 heterocycles. The Hall–Kier alpha value is -3.79. The fraction of sp³-hybridized carbons (Fsp3) is 0.105. The number of rotatable bonds is 5. The Balaban J connectivity index is 1.69. The van der Waals surface area contributed by atoms with Crippen LogP contribution < -0.4 is 4.90 Å². The second kappa shape index (κ2) is 6.99. The number of aromatic nitrogens is 2. The number of nitrogens with zero attached hydrogens (tertiary/aromatic N) is 4. The van der Waals surface area contributed by atoms with Crippen molar-refractivity contribution >= 4 is 39.8 Å². The van der Waals surface area contributed by atoms with Crippen LogP contribution in [0.2, 0.25) is 0 Å². The molecule has 0 spiro atoms. The van der Waals surface area contributed by atoms with Gasteiger partial charge in [0.05, 0.1) is 16.1 Å². The molecule has 1 aliphatic heterocycles. The van der Waals surface area contributed by atoms with Gasteiger partial charge < -0.3 is 0 Å². The lowest BCUT2D eigenvalue weighted by molar-refractivity contribution is -0.384. The highest BCUT2D eigenvalue weighted by atomic mass is 32.1. The van der Waals surface area contributed by atoms with Crippen molar-refractivity contribution in [2.24, 2.45) is 0 Å². The van der Waals surface area contributed by atoms with Gasteiger partial charge in [0.15, 0.2) is 5.78 Å². The van der Waals surface area contributed by atoms with Gasteiger partial charge in [-0.3, -0.25) is 24.5 Å². The number of carbonyl (C=O) groups excluding carboxylic acids is 3. The van der Waals surface area contributed by atoms with E-state index in [2.05, 4.69) is 10.2 Å². The molecule has 0 saturated carbocycles. The maximum atomic E-state index is 12.8. The van der Waals surface area contributed by atoms with Crippen LogP contribution in [-0.2, 0) is 6.42 Å². The second-order valence-electron chi connectivity index (χ2n) is 6.17. The first-order valence-electron chi connectivity index (χ1n) is 8.55. The predicted molar refractivity (Wildman–Crippen MR) is 103 cm³/mol. The third-order valence-electron chi connectivity index (χ3n) is 4.42. The minimum absolute atomic E-state index is 0.0829. The third kappa shape index (κ3) is 3.09. The molecule has 2 aromatic carbocycles. The van der Waals surface area contributed by atoms with Crippen LogP contribution in [-0.4, -0.2) is 32.7 Å². The summed E-state index contributed by atoms with van der Waals surface area (Å²) in [6.45, 7) is 1.89. The van der Waals surface area contributed by atoms with Crippen LogP contribution in [0.5, 0.6) is 0 Å². The second-order valence-corrected chi connectivity index (χ2v) is 7.22. The van der Waals surface area contributed by atoms with Gasteiger partial charge in [-0.15, -0.1) is 10.2 Å². The Morgan fingerprint density at radius 1 is 1.07 bits per heavy atom. The fourth-order valence-corrected chi connectivity index (χ4v) is 3.74. The molecule has 0 N–H and O–H groups in total. The molecule has 0 bridgehead atoms. The van der Waals surface area contributed by atoms with E-state index in [1.165, 1.54) is 42.5 Å². The van der Waals surface area contributed by atoms with Crippen molar-refractivity contribution in [3.05, 3.63) is 79.8 Å². The van der Waals surface area contributed by atoms with Crippen molar-refractivity contribution in [1.29, 1.82) is 0 Å². The van der Waals surface area contributed by atoms with Gasteiger partial charge in [-0.2, -0.15) is 0 Å². The number of amides is 2. The van der Waals surface area contributed by atoms with Crippen molar-refractivity contribution < 1.29 is 19.3 Å². The molecule has 2 amide bonds. The molecule has 10 heteroatoms. The van der Waals surface area contributed by atoms with E-state index in [0.717, 1.165) is 16.2 Å². The quantitative estimate of drug-likeness (QED) is 0.275. The molecule has 0 fully saturated rings. The van der Waals surface area contributed by atoms with Crippen LogP contribution >= 0.6 is 11.3 Å². The van der Waals surface area contributed by atoms with E-state index in [0.29, 0.717) is 11.4 Å². The molecule has 0 radical (unpaired) electrons. The Bertz CT molecular complexity index is 1200. The summed E-state index contributed by atoms with van der Waals surface area (Å²) in [6, 6.07) is 9.48. The van der Waals surface area contributed by atoms with E-state index in [1.807, 2.05) is 6.92 Å². The molecular formula is C19H12N4O5S. The van der Waals surface area contributed by atoms with Gasteiger partial charge in [-0.25, -0.2) is 4.90 Å². The Morgan fingerprint density at radius 2 is 1.79 bits per heavy atom. The summed E-state index contributed by atoms with van der Waals surface area (Å²) in [4.78, 5) is 49.5. The standard InChI is InChI=1S/C19H12N4O5S/c1-2-15-20-21-19(29-15)22-17(25)13-7-6-11(9-14(13)18(22)26)16(24)10-4-3-5-12(8-10)23(27)28/h3-9H,2H2,1H3. The Labute approximate surface area is 167 Å². The van der Waals surface area contributed by atoms with Gasteiger partial charge >= 0.3 is 0 Å². The van der Waals surface area contributed by atoms with Gasteiger partial charge in [0.1, 0.15) is 5.01 Å². The number of aryl methyl sites for hydroxylation is 1. The molecule has 144 valence electrons. The summed E-state index contributed by atoms with van der Waals surface area (Å²) in [5, 5.41) is 19.6. The number of hydrogen-bond donors (Lipinski definition) is 0. The average molecular weight is 408 g/mol. The number of fused-ring (bicyclic) bond motifs is 1. The zero-order valence-electron chi connectivity index (χ0n) is 15.0. The monoisotopic (exact) mass is 408 g/mol. The molecule has 0 saturated heterocycles. The maximum absolute atomic E-state index is 12.8. The number of benzene rings is 2. The van der Waals surface area contributed by atoms with Crippen LogP contribution in [0.25, 0.3) is 0 Å². The SMILES string of the molecule is CCc1nnc(N2C(=O)c3ccc(C(=O)c4cccc([N+](=O)[O-])c4)cc3C2=O)s1. The molecule has 0 atom stereocenters. The van der Waals surface area contributed by atoms with E-state index in [4.69, 9.17) is 0 Å². The number of ketones is 1. The van der Waals surface area contributed by atoms with Gasteiger partial charge in [0.25, 0.3) is 17.5 Å². The Kier molecular flexibility index (Phi) is 4.47. The molecule has 1 aromatic heterocycles. The van der Waals surface area contributed by atoms with Crippen molar-refractivity contribution in [2.75, 3.05) is 4.90 Å². The van der Waals surface area contributed by atoms with Crippen LogP contribution in [0, 0.1) is 10.1 Å². The summed E-state index contributed by atoms with van der Waals surface area (Å²) in [5.41, 5.74) is 0.305. The zero-order chi connectivity index (χ0) is 20.7. The molecule has 3 aromatic rings. The zero-order valence-corrected chi connectivity index (χ0v) is 15.8. The first-order chi connectivity index (χ1) is 13.9. The minimum Gasteiger partial charge on any atom is -0.289 e. The molecule has 1 aliphatic rings. The van der Waals surface area contributed by atoms with Gasteiger partial charge in [0.2, 0.25) is 5.13 Å². The van der Waals surface area contributed by atoms with Gasteiger partial charge in [-0.05, 0) is 18.6 Å². The molecular weight excluding hydrogens is 396 g/mol. The number of imide groups is 1.